The van der Waals surface area contributed by atoms with E-state index in [0.717, 1.165) is 18.6 Å². The molecule has 1 aliphatic carbocycles. The summed E-state index contributed by atoms with van der Waals surface area (Å²) in [7, 11) is 0. The van der Waals surface area contributed by atoms with E-state index in [2.05, 4.69) is 10.6 Å². The molecule has 2 amide bonds. The Hall–Kier alpha value is -2.24. The zero-order chi connectivity index (χ0) is 15.5. The Morgan fingerprint density at radius 3 is 2.55 bits per heavy atom. The molecule has 6 heteroatoms. The lowest BCUT2D eigenvalue weighted by molar-refractivity contribution is -0.118. The Kier molecular flexibility index (Phi) is 4.18. The predicted octanol–water partition coefficient (Wildman–Crippen LogP) is 2.44. The number of benzene rings is 1. The van der Waals surface area contributed by atoms with E-state index in [0.29, 0.717) is 11.8 Å². The molecule has 0 spiro atoms. The molecular formula is C16H20N2O4. The zero-order valence-corrected chi connectivity index (χ0v) is 12.5. The van der Waals surface area contributed by atoms with E-state index < -0.39 is 18.2 Å². The standard InChI is InChI=1S/C16H20N2O4/c1-10-14(18-16(20)21-10)15(19)17-11-6-8-13(9-7-11)22-12-4-2-3-5-12/h6-10,12,14H,2-5H2,1H3,(H,17,19)(H,18,20)/t10-,14-/m0/s1. The number of rotatable bonds is 4. The average molecular weight is 304 g/mol. The predicted molar refractivity (Wildman–Crippen MR) is 80.8 cm³/mol. The summed E-state index contributed by atoms with van der Waals surface area (Å²) >= 11 is 0. The minimum absolute atomic E-state index is 0.289. The van der Waals surface area contributed by atoms with Crippen molar-refractivity contribution in [3.8, 4) is 5.75 Å². The van der Waals surface area contributed by atoms with E-state index in [-0.39, 0.29) is 5.91 Å². The topological polar surface area (TPSA) is 76.7 Å². The maximum Gasteiger partial charge on any atom is 0.408 e. The molecule has 0 bridgehead atoms. The van der Waals surface area contributed by atoms with Crippen LogP contribution in [0.1, 0.15) is 32.6 Å². The summed E-state index contributed by atoms with van der Waals surface area (Å²) in [5, 5.41) is 5.25. The molecule has 2 atom stereocenters. The minimum atomic E-state index is -0.665. The SMILES string of the molecule is C[C@@H]1OC(=O)N[C@@H]1C(=O)Nc1ccc(OC2CCCC2)cc1. The first-order valence-corrected chi connectivity index (χ1v) is 7.66. The van der Waals surface area contributed by atoms with Gasteiger partial charge in [-0.1, -0.05) is 0 Å². The first kappa shape index (κ1) is 14.7. The van der Waals surface area contributed by atoms with Crippen molar-refractivity contribution in [3.63, 3.8) is 0 Å². The van der Waals surface area contributed by atoms with Gasteiger partial charge in [-0.3, -0.25) is 4.79 Å². The highest BCUT2D eigenvalue weighted by Crippen LogP contribution is 2.25. The first-order valence-electron chi connectivity index (χ1n) is 7.66. The van der Waals surface area contributed by atoms with Gasteiger partial charge in [0, 0.05) is 5.69 Å². The molecular weight excluding hydrogens is 284 g/mol. The molecule has 1 saturated heterocycles. The lowest BCUT2D eigenvalue weighted by atomic mass is 10.2. The molecule has 0 unspecified atom stereocenters. The van der Waals surface area contributed by atoms with Crippen LogP contribution in [0.5, 0.6) is 5.75 Å². The molecule has 0 aromatic heterocycles. The van der Waals surface area contributed by atoms with Crippen LogP contribution in [0.3, 0.4) is 0 Å². The molecule has 3 rings (SSSR count). The van der Waals surface area contributed by atoms with Crippen LogP contribution in [-0.4, -0.2) is 30.3 Å². The van der Waals surface area contributed by atoms with E-state index in [1.807, 2.05) is 12.1 Å². The second-order valence-corrected chi connectivity index (χ2v) is 5.77. The smallest absolute Gasteiger partial charge is 0.408 e. The highest BCUT2D eigenvalue weighted by molar-refractivity contribution is 5.98. The van der Waals surface area contributed by atoms with Gasteiger partial charge >= 0.3 is 6.09 Å². The van der Waals surface area contributed by atoms with Gasteiger partial charge in [-0.2, -0.15) is 0 Å². The van der Waals surface area contributed by atoms with Gasteiger partial charge in [-0.05, 0) is 56.9 Å². The largest absolute Gasteiger partial charge is 0.490 e. The van der Waals surface area contributed by atoms with E-state index in [1.54, 1.807) is 19.1 Å². The number of nitrogens with one attached hydrogen (secondary N) is 2. The Bertz CT molecular complexity index is 552. The number of ether oxygens (including phenoxy) is 2. The molecule has 1 saturated carbocycles. The molecule has 118 valence electrons. The van der Waals surface area contributed by atoms with E-state index in [1.165, 1.54) is 12.8 Å². The second-order valence-electron chi connectivity index (χ2n) is 5.77. The van der Waals surface area contributed by atoms with Crippen molar-refractivity contribution < 1.29 is 19.1 Å². The minimum Gasteiger partial charge on any atom is -0.490 e. The number of hydrogen-bond donors (Lipinski definition) is 2. The second kappa shape index (κ2) is 6.25. The third kappa shape index (κ3) is 3.32. The highest BCUT2D eigenvalue weighted by Gasteiger charge is 2.36. The van der Waals surface area contributed by atoms with Crippen molar-refractivity contribution in [1.29, 1.82) is 0 Å². The first-order chi connectivity index (χ1) is 10.6. The fourth-order valence-electron chi connectivity index (χ4n) is 2.83. The van der Waals surface area contributed by atoms with Crippen molar-refractivity contribution in [1.82, 2.24) is 5.32 Å². The lowest BCUT2D eigenvalue weighted by Gasteiger charge is -2.15. The maximum absolute atomic E-state index is 12.1. The summed E-state index contributed by atoms with van der Waals surface area (Å²) in [4.78, 5) is 23.2. The summed E-state index contributed by atoms with van der Waals surface area (Å²) in [6, 6.07) is 6.62. The fourth-order valence-corrected chi connectivity index (χ4v) is 2.83. The molecule has 22 heavy (non-hydrogen) atoms. The van der Waals surface area contributed by atoms with Gasteiger partial charge < -0.3 is 20.1 Å². The van der Waals surface area contributed by atoms with Gasteiger partial charge in [0.25, 0.3) is 5.91 Å². The summed E-state index contributed by atoms with van der Waals surface area (Å²) in [6.45, 7) is 1.68. The van der Waals surface area contributed by atoms with Crippen molar-refractivity contribution in [3.05, 3.63) is 24.3 Å². The average Bonchev–Trinajstić information content (AvgIpc) is 3.10. The molecule has 0 radical (unpaired) electrons. The van der Waals surface area contributed by atoms with E-state index in [4.69, 9.17) is 9.47 Å². The fraction of sp³-hybridized carbons (Fsp3) is 0.500. The normalized spacial score (nSPS) is 24.7. The highest BCUT2D eigenvalue weighted by atomic mass is 16.6. The number of carbonyl (C=O) groups is 2. The summed E-state index contributed by atoms with van der Waals surface area (Å²) in [5.41, 5.74) is 0.664. The van der Waals surface area contributed by atoms with Crippen LogP contribution < -0.4 is 15.4 Å². The number of hydrogen-bond acceptors (Lipinski definition) is 4. The third-order valence-corrected chi connectivity index (χ3v) is 4.04. The zero-order valence-electron chi connectivity index (χ0n) is 12.5. The van der Waals surface area contributed by atoms with Crippen LogP contribution in [-0.2, 0) is 9.53 Å². The molecule has 6 nitrogen and oxygen atoms in total. The van der Waals surface area contributed by atoms with Crippen LogP contribution in [0, 0.1) is 0 Å². The maximum atomic E-state index is 12.1. The van der Waals surface area contributed by atoms with Gasteiger partial charge in [-0.15, -0.1) is 0 Å². The molecule has 1 aromatic carbocycles. The number of alkyl carbamates (subject to hydrolysis) is 1. The summed E-state index contributed by atoms with van der Waals surface area (Å²) in [5.74, 6) is 0.526. The number of anilines is 1. The van der Waals surface area contributed by atoms with Gasteiger partial charge in [0.2, 0.25) is 0 Å². The van der Waals surface area contributed by atoms with Crippen LogP contribution >= 0.6 is 0 Å². The van der Waals surface area contributed by atoms with Crippen LogP contribution in [0.25, 0.3) is 0 Å². The van der Waals surface area contributed by atoms with E-state index >= 15 is 0 Å². The summed E-state index contributed by atoms with van der Waals surface area (Å²) < 4.78 is 10.8. The van der Waals surface area contributed by atoms with Gasteiger partial charge in [0.1, 0.15) is 17.9 Å². The number of cyclic esters (lactones) is 1. The Balaban J connectivity index is 1.56. The lowest BCUT2D eigenvalue weighted by Crippen LogP contribution is -2.41. The quantitative estimate of drug-likeness (QED) is 0.895. The molecule has 2 fully saturated rings. The van der Waals surface area contributed by atoms with Crippen LogP contribution in [0.2, 0.25) is 0 Å². The molecule has 1 aliphatic heterocycles. The van der Waals surface area contributed by atoms with Gasteiger partial charge in [0.05, 0.1) is 6.10 Å². The van der Waals surface area contributed by atoms with Crippen molar-refractivity contribution in [2.45, 2.75) is 50.9 Å². The molecule has 1 aromatic rings. The van der Waals surface area contributed by atoms with Gasteiger partial charge in [0.15, 0.2) is 0 Å². The number of carbonyl (C=O) groups excluding carboxylic acids is 2. The van der Waals surface area contributed by atoms with E-state index in [9.17, 15) is 9.59 Å². The van der Waals surface area contributed by atoms with Crippen molar-refractivity contribution in [2.24, 2.45) is 0 Å². The van der Waals surface area contributed by atoms with Gasteiger partial charge in [-0.25, -0.2) is 4.79 Å². The Morgan fingerprint density at radius 2 is 1.95 bits per heavy atom. The van der Waals surface area contributed by atoms with Crippen LogP contribution in [0.15, 0.2) is 24.3 Å². The molecule has 2 aliphatic rings. The molecule has 2 N–H and O–H groups in total. The van der Waals surface area contributed by atoms with Crippen molar-refractivity contribution in [2.75, 3.05) is 5.32 Å². The summed E-state index contributed by atoms with van der Waals surface area (Å²) in [6.07, 6.45) is 3.95. The third-order valence-electron chi connectivity index (χ3n) is 4.04. The Morgan fingerprint density at radius 1 is 1.27 bits per heavy atom. The Labute approximate surface area is 129 Å². The van der Waals surface area contributed by atoms with Crippen LogP contribution in [0.4, 0.5) is 10.5 Å². The monoisotopic (exact) mass is 304 g/mol. The molecule has 1 heterocycles. The number of amides is 2. The van der Waals surface area contributed by atoms with Crippen molar-refractivity contribution >= 4 is 17.7 Å².